The van der Waals surface area contributed by atoms with E-state index in [-0.39, 0.29) is 0 Å². The topological polar surface area (TPSA) is 0 Å². The highest BCUT2D eigenvalue weighted by Gasteiger charge is 1.95. The number of hydrogen-bond acceptors (Lipinski definition) is 0. The Hall–Kier alpha value is -0.520. The van der Waals surface area contributed by atoms with Crippen molar-refractivity contribution < 1.29 is 0 Å². The van der Waals surface area contributed by atoms with E-state index < -0.39 is 0 Å². The van der Waals surface area contributed by atoms with Gasteiger partial charge in [0.25, 0.3) is 0 Å². The fourth-order valence-corrected chi connectivity index (χ4v) is 1.00. The van der Waals surface area contributed by atoms with Crippen molar-refractivity contribution in [1.29, 1.82) is 0 Å². The molecule has 0 aromatic rings. The fourth-order valence-electron chi connectivity index (χ4n) is 1.00. The first kappa shape index (κ1) is 5.61. The summed E-state index contributed by atoms with van der Waals surface area (Å²) in [6.45, 7) is 2.18. The molecule has 1 aliphatic rings. The van der Waals surface area contributed by atoms with Gasteiger partial charge in [-0.2, -0.15) is 0 Å². The Labute approximate surface area is 50.9 Å². The zero-order chi connectivity index (χ0) is 5.82. The normalized spacial score (nSPS) is 22.9. The Morgan fingerprint density at radius 1 is 1.75 bits per heavy atom. The molecule has 0 atom stereocenters. The maximum Gasteiger partial charge on any atom is -0.0247 e. The van der Waals surface area contributed by atoms with Crippen LogP contribution < -0.4 is 0 Å². The van der Waals surface area contributed by atoms with Gasteiger partial charge in [0.2, 0.25) is 0 Å². The van der Waals surface area contributed by atoms with Crippen molar-refractivity contribution in [2.24, 2.45) is 0 Å². The molecular formula is C8H12. The van der Waals surface area contributed by atoms with Crippen LogP contribution in [0.15, 0.2) is 23.8 Å². The number of allylic oxidation sites excluding steroid dienone is 4. The molecule has 1 rings (SSSR count). The van der Waals surface area contributed by atoms with Gasteiger partial charge < -0.3 is 0 Å². The van der Waals surface area contributed by atoms with Crippen molar-refractivity contribution in [3.05, 3.63) is 23.8 Å². The Kier molecular flexibility index (Phi) is 1.90. The molecule has 1 aliphatic carbocycles. The highest BCUT2D eigenvalue weighted by Crippen LogP contribution is 2.15. The molecule has 0 fully saturated rings. The largest absolute Gasteiger partial charge is 0.0839 e. The van der Waals surface area contributed by atoms with Crippen LogP contribution in [0.3, 0.4) is 0 Å². The Morgan fingerprint density at radius 2 is 2.62 bits per heavy atom. The van der Waals surface area contributed by atoms with Gasteiger partial charge in [-0.1, -0.05) is 30.7 Å². The minimum Gasteiger partial charge on any atom is -0.0839 e. The quantitative estimate of drug-likeness (QED) is 0.484. The molecule has 0 aromatic heterocycles. The van der Waals surface area contributed by atoms with E-state index in [2.05, 4.69) is 25.2 Å². The van der Waals surface area contributed by atoms with Crippen molar-refractivity contribution in [3.63, 3.8) is 0 Å². The van der Waals surface area contributed by atoms with E-state index in [1.165, 1.54) is 24.8 Å². The lowest BCUT2D eigenvalue weighted by Crippen LogP contribution is -1.67. The molecule has 0 spiro atoms. The van der Waals surface area contributed by atoms with E-state index in [4.69, 9.17) is 0 Å². The van der Waals surface area contributed by atoms with Crippen LogP contribution in [0.1, 0.15) is 26.2 Å². The van der Waals surface area contributed by atoms with Crippen LogP contribution in [-0.4, -0.2) is 0 Å². The maximum atomic E-state index is 2.30. The van der Waals surface area contributed by atoms with Crippen LogP contribution in [0.25, 0.3) is 0 Å². The summed E-state index contributed by atoms with van der Waals surface area (Å²) in [5.74, 6) is 0. The molecule has 0 unspecified atom stereocenters. The van der Waals surface area contributed by atoms with Crippen LogP contribution in [0.5, 0.6) is 0 Å². The fraction of sp³-hybridized carbons (Fsp3) is 0.500. The monoisotopic (exact) mass is 108 g/mol. The first-order valence-corrected chi connectivity index (χ1v) is 3.29. The molecule has 0 nitrogen and oxygen atoms in total. The van der Waals surface area contributed by atoms with E-state index in [0.29, 0.717) is 0 Å². The summed E-state index contributed by atoms with van der Waals surface area (Å²) in [5.41, 5.74) is 1.52. The van der Waals surface area contributed by atoms with Crippen molar-refractivity contribution in [2.75, 3.05) is 0 Å². The highest BCUT2D eigenvalue weighted by molar-refractivity contribution is 5.23. The standard InChI is InChI=1S/C8H12/c1-2-5-8-6-3-4-7-8/h3,5-6H,2,4,7H2,1H3/b8-5+. The molecule has 44 valence electrons. The van der Waals surface area contributed by atoms with Gasteiger partial charge in [-0.15, -0.1) is 0 Å². The highest BCUT2D eigenvalue weighted by atomic mass is 14.0. The van der Waals surface area contributed by atoms with Crippen molar-refractivity contribution >= 4 is 0 Å². The van der Waals surface area contributed by atoms with Crippen LogP contribution in [-0.2, 0) is 0 Å². The SMILES string of the molecule is CC/C=C1\C=CCC1. The average Bonchev–Trinajstić information content (AvgIpc) is 2.19. The summed E-state index contributed by atoms with van der Waals surface area (Å²) < 4.78 is 0. The molecule has 0 heterocycles. The lowest BCUT2D eigenvalue weighted by Gasteiger charge is -1.87. The van der Waals surface area contributed by atoms with Gasteiger partial charge in [-0.05, 0) is 19.3 Å². The molecule has 0 saturated carbocycles. The van der Waals surface area contributed by atoms with E-state index in [1.54, 1.807) is 0 Å². The van der Waals surface area contributed by atoms with E-state index in [1.807, 2.05) is 0 Å². The summed E-state index contributed by atoms with van der Waals surface area (Å²) in [6, 6.07) is 0. The molecule has 0 radical (unpaired) electrons. The van der Waals surface area contributed by atoms with Gasteiger partial charge in [0.15, 0.2) is 0 Å². The van der Waals surface area contributed by atoms with Crippen molar-refractivity contribution in [1.82, 2.24) is 0 Å². The average molecular weight is 108 g/mol. The molecule has 0 aliphatic heterocycles. The summed E-state index contributed by atoms with van der Waals surface area (Å²) in [7, 11) is 0. The summed E-state index contributed by atoms with van der Waals surface area (Å²) in [6.07, 6.45) is 10.5. The molecule has 0 N–H and O–H groups in total. The lowest BCUT2D eigenvalue weighted by molar-refractivity contribution is 1.04. The summed E-state index contributed by atoms with van der Waals surface area (Å²) in [4.78, 5) is 0. The summed E-state index contributed by atoms with van der Waals surface area (Å²) in [5, 5.41) is 0. The zero-order valence-corrected chi connectivity index (χ0v) is 5.35. The lowest BCUT2D eigenvalue weighted by atomic mass is 10.2. The second-order valence-electron chi connectivity index (χ2n) is 2.13. The van der Waals surface area contributed by atoms with Gasteiger partial charge in [0.1, 0.15) is 0 Å². The Balaban J connectivity index is 2.46. The van der Waals surface area contributed by atoms with E-state index >= 15 is 0 Å². The van der Waals surface area contributed by atoms with Crippen molar-refractivity contribution in [3.8, 4) is 0 Å². The van der Waals surface area contributed by atoms with Gasteiger partial charge in [-0.3, -0.25) is 0 Å². The Morgan fingerprint density at radius 3 is 3.12 bits per heavy atom. The molecule has 0 saturated heterocycles. The number of hydrogen-bond donors (Lipinski definition) is 0. The molecule has 0 aromatic carbocycles. The van der Waals surface area contributed by atoms with Crippen LogP contribution in [0, 0.1) is 0 Å². The first-order chi connectivity index (χ1) is 3.93. The smallest absolute Gasteiger partial charge is 0.0247 e. The van der Waals surface area contributed by atoms with Gasteiger partial charge >= 0.3 is 0 Å². The molecular weight excluding hydrogens is 96.1 g/mol. The maximum absolute atomic E-state index is 2.30. The van der Waals surface area contributed by atoms with Crippen molar-refractivity contribution in [2.45, 2.75) is 26.2 Å². The third kappa shape index (κ3) is 1.22. The van der Waals surface area contributed by atoms with Gasteiger partial charge in [0, 0.05) is 0 Å². The van der Waals surface area contributed by atoms with E-state index in [0.717, 1.165) is 0 Å². The van der Waals surface area contributed by atoms with Gasteiger partial charge in [0.05, 0.1) is 0 Å². The predicted molar refractivity (Wildman–Crippen MR) is 36.7 cm³/mol. The van der Waals surface area contributed by atoms with Crippen LogP contribution in [0.2, 0.25) is 0 Å². The zero-order valence-electron chi connectivity index (χ0n) is 5.35. The molecule has 8 heavy (non-hydrogen) atoms. The van der Waals surface area contributed by atoms with E-state index in [9.17, 15) is 0 Å². The summed E-state index contributed by atoms with van der Waals surface area (Å²) >= 11 is 0. The molecule has 0 bridgehead atoms. The van der Waals surface area contributed by atoms with Crippen LogP contribution >= 0.6 is 0 Å². The third-order valence-electron chi connectivity index (χ3n) is 1.40. The predicted octanol–water partition coefficient (Wildman–Crippen LogP) is 2.67. The minimum absolute atomic E-state index is 1.18. The number of rotatable bonds is 1. The second-order valence-corrected chi connectivity index (χ2v) is 2.13. The third-order valence-corrected chi connectivity index (χ3v) is 1.40. The van der Waals surface area contributed by atoms with Crippen LogP contribution in [0.4, 0.5) is 0 Å². The second kappa shape index (κ2) is 2.71. The van der Waals surface area contributed by atoms with Gasteiger partial charge in [-0.25, -0.2) is 0 Å². The Bertz CT molecular complexity index is 118. The minimum atomic E-state index is 1.18. The molecule has 0 amide bonds. The first-order valence-electron chi connectivity index (χ1n) is 3.29. The molecule has 0 heteroatoms.